The molecule has 6 nitrogen and oxygen atoms in total. The summed E-state index contributed by atoms with van der Waals surface area (Å²) in [7, 11) is 1.72. The molecule has 0 unspecified atom stereocenters. The molecule has 106 valence electrons. The summed E-state index contributed by atoms with van der Waals surface area (Å²) in [5.74, 6) is 0.108. The van der Waals surface area contributed by atoms with Gasteiger partial charge in [0, 0.05) is 18.6 Å². The number of fused-ring (bicyclic) bond motifs is 1. The number of hydrogen-bond acceptors (Lipinski definition) is 6. The number of aromatic nitrogens is 2. The smallest absolute Gasteiger partial charge is 0.270 e. The largest absolute Gasteiger partial charge is 0.378 e. The Kier molecular flexibility index (Phi) is 3.41. The third-order valence-electron chi connectivity index (χ3n) is 2.95. The van der Waals surface area contributed by atoms with Crippen molar-refractivity contribution in [2.24, 2.45) is 5.73 Å². The number of amides is 1. The summed E-state index contributed by atoms with van der Waals surface area (Å²) in [6, 6.07) is 9.88. The van der Waals surface area contributed by atoms with E-state index in [1.54, 1.807) is 13.2 Å². The van der Waals surface area contributed by atoms with Crippen molar-refractivity contribution in [1.29, 1.82) is 0 Å². The topological polar surface area (TPSA) is 92.9 Å². The molecule has 3 aromatic rings. The molecule has 0 saturated heterocycles. The minimum atomic E-state index is -0.560. The lowest BCUT2D eigenvalue weighted by atomic mass is 10.2. The second kappa shape index (κ2) is 5.37. The van der Waals surface area contributed by atoms with E-state index >= 15 is 0 Å². The molecule has 21 heavy (non-hydrogen) atoms. The highest BCUT2D eigenvalue weighted by Crippen LogP contribution is 2.30. The predicted molar refractivity (Wildman–Crippen MR) is 85.2 cm³/mol. The molecule has 0 saturated carbocycles. The Morgan fingerprint density at radius 2 is 2.05 bits per heavy atom. The molecule has 0 spiro atoms. The average Bonchev–Trinajstić information content (AvgIpc) is 2.90. The fourth-order valence-electron chi connectivity index (χ4n) is 1.97. The standard InChI is InChI=1S/C14H13N5OS/c1-16-13-11(12(15)20)19-14(21-13)18-10-6-8-4-2-3-5-9(8)7-17-10/h2-7,16H,1H3,(H2,15,20)(H,17,18,19). The molecule has 4 N–H and O–H groups in total. The van der Waals surface area contributed by atoms with Crippen LogP contribution < -0.4 is 16.4 Å². The highest BCUT2D eigenvalue weighted by Gasteiger charge is 2.15. The molecule has 2 heterocycles. The number of nitrogens with zero attached hydrogens (tertiary/aromatic N) is 2. The highest BCUT2D eigenvalue weighted by molar-refractivity contribution is 7.19. The van der Waals surface area contributed by atoms with Crippen molar-refractivity contribution < 1.29 is 4.79 Å². The van der Waals surface area contributed by atoms with E-state index in [1.807, 2.05) is 30.3 Å². The van der Waals surface area contributed by atoms with Crippen LogP contribution in [0.1, 0.15) is 10.5 Å². The molecule has 0 fully saturated rings. The molecule has 0 bridgehead atoms. The van der Waals surface area contributed by atoms with E-state index < -0.39 is 5.91 Å². The Morgan fingerprint density at radius 1 is 1.29 bits per heavy atom. The van der Waals surface area contributed by atoms with Gasteiger partial charge in [0.2, 0.25) is 0 Å². The first-order chi connectivity index (χ1) is 10.2. The van der Waals surface area contributed by atoms with Gasteiger partial charge in [-0.3, -0.25) is 4.79 Å². The van der Waals surface area contributed by atoms with Gasteiger partial charge in [-0.2, -0.15) is 0 Å². The van der Waals surface area contributed by atoms with Crippen molar-refractivity contribution >= 4 is 44.0 Å². The Bertz CT molecular complexity index is 814. The lowest BCUT2D eigenvalue weighted by Crippen LogP contribution is -2.13. The van der Waals surface area contributed by atoms with Gasteiger partial charge in [0.05, 0.1) is 0 Å². The summed E-state index contributed by atoms with van der Waals surface area (Å²) >= 11 is 1.31. The first-order valence-corrected chi connectivity index (χ1v) is 7.09. The number of anilines is 3. The van der Waals surface area contributed by atoms with Crippen molar-refractivity contribution in [3.05, 3.63) is 42.2 Å². The quantitative estimate of drug-likeness (QED) is 0.688. The zero-order valence-electron chi connectivity index (χ0n) is 11.3. The first kappa shape index (κ1) is 13.3. The van der Waals surface area contributed by atoms with E-state index in [1.165, 1.54) is 11.3 Å². The molecule has 3 rings (SSSR count). The number of nitrogens with one attached hydrogen (secondary N) is 2. The van der Waals surface area contributed by atoms with E-state index in [9.17, 15) is 4.79 Å². The van der Waals surface area contributed by atoms with Crippen LogP contribution in [0, 0.1) is 0 Å². The van der Waals surface area contributed by atoms with Crippen LogP contribution in [-0.4, -0.2) is 22.9 Å². The summed E-state index contributed by atoms with van der Waals surface area (Å²) in [5, 5.41) is 9.34. The summed E-state index contributed by atoms with van der Waals surface area (Å²) in [5.41, 5.74) is 5.52. The molecular formula is C14H13N5OS. The van der Waals surface area contributed by atoms with Crippen molar-refractivity contribution in [3.8, 4) is 0 Å². The average molecular weight is 299 g/mol. The number of benzene rings is 1. The summed E-state index contributed by atoms with van der Waals surface area (Å²) in [6.07, 6.45) is 1.79. The zero-order chi connectivity index (χ0) is 14.8. The molecule has 0 atom stereocenters. The van der Waals surface area contributed by atoms with Gasteiger partial charge in [-0.25, -0.2) is 9.97 Å². The number of hydrogen-bond donors (Lipinski definition) is 3. The van der Waals surface area contributed by atoms with E-state index in [0.29, 0.717) is 16.0 Å². The fraction of sp³-hybridized carbons (Fsp3) is 0.0714. The maximum absolute atomic E-state index is 11.3. The lowest BCUT2D eigenvalue weighted by molar-refractivity contribution is 0.0997. The number of rotatable bonds is 4. The van der Waals surface area contributed by atoms with Crippen LogP contribution in [0.15, 0.2) is 36.5 Å². The summed E-state index contributed by atoms with van der Waals surface area (Å²) < 4.78 is 0. The Balaban J connectivity index is 1.93. The Morgan fingerprint density at radius 3 is 2.71 bits per heavy atom. The van der Waals surface area contributed by atoms with Gasteiger partial charge in [-0.05, 0) is 11.5 Å². The third-order valence-corrected chi connectivity index (χ3v) is 3.94. The normalized spacial score (nSPS) is 10.5. The summed E-state index contributed by atoms with van der Waals surface area (Å²) in [6.45, 7) is 0. The van der Waals surface area contributed by atoms with Crippen molar-refractivity contribution in [3.63, 3.8) is 0 Å². The van der Waals surface area contributed by atoms with Crippen LogP contribution in [-0.2, 0) is 0 Å². The second-order valence-electron chi connectivity index (χ2n) is 4.35. The number of nitrogens with two attached hydrogens (primary N) is 1. The van der Waals surface area contributed by atoms with Crippen LogP contribution in [0.2, 0.25) is 0 Å². The van der Waals surface area contributed by atoms with Crippen molar-refractivity contribution in [1.82, 2.24) is 9.97 Å². The first-order valence-electron chi connectivity index (χ1n) is 6.27. The molecule has 2 aromatic heterocycles. The third kappa shape index (κ3) is 2.63. The number of primary amides is 1. The Hall–Kier alpha value is -2.67. The maximum Gasteiger partial charge on any atom is 0.270 e. The highest BCUT2D eigenvalue weighted by atomic mass is 32.1. The van der Waals surface area contributed by atoms with Gasteiger partial charge < -0.3 is 16.4 Å². The molecule has 1 aromatic carbocycles. The molecule has 1 amide bonds. The second-order valence-corrected chi connectivity index (χ2v) is 5.35. The van der Waals surface area contributed by atoms with Crippen LogP contribution in [0.3, 0.4) is 0 Å². The van der Waals surface area contributed by atoms with Gasteiger partial charge in [0.1, 0.15) is 10.8 Å². The van der Waals surface area contributed by atoms with Crippen molar-refractivity contribution in [2.75, 3.05) is 17.7 Å². The van der Waals surface area contributed by atoms with Gasteiger partial charge in [0.25, 0.3) is 5.91 Å². The minimum absolute atomic E-state index is 0.228. The number of carbonyl (C=O) groups excluding carboxylic acids is 1. The van der Waals surface area contributed by atoms with E-state index in [-0.39, 0.29) is 5.69 Å². The van der Waals surface area contributed by atoms with Gasteiger partial charge in [0.15, 0.2) is 10.8 Å². The number of pyridine rings is 1. The molecule has 0 radical (unpaired) electrons. The maximum atomic E-state index is 11.3. The molecule has 7 heteroatoms. The zero-order valence-corrected chi connectivity index (χ0v) is 12.1. The van der Waals surface area contributed by atoms with E-state index in [4.69, 9.17) is 5.73 Å². The van der Waals surface area contributed by atoms with Gasteiger partial charge >= 0.3 is 0 Å². The molecular weight excluding hydrogens is 286 g/mol. The summed E-state index contributed by atoms with van der Waals surface area (Å²) in [4.78, 5) is 19.8. The van der Waals surface area contributed by atoms with Crippen LogP contribution in [0.4, 0.5) is 16.0 Å². The SMILES string of the molecule is CNc1sc(Nc2cc3ccccc3cn2)nc1C(N)=O. The molecule has 0 aliphatic heterocycles. The number of thiazole rings is 1. The predicted octanol–water partition coefficient (Wildman–Crippen LogP) is 2.58. The Labute approximate surface area is 125 Å². The monoisotopic (exact) mass is 299 g/mol. The minimum Gasteiger partial charge on any atom is -0.378 e. The van der Waals surface area contributed by atoms with Crippen molar-refractivity contribution in [2.45, 2.75) is 0 Å². The fourth-order valence-corrected chi connectivity index (χ4v) is 2.80. The van der Waals surface area contributed by atoms with Crippen LogP contribution in [0.25, 0.3) is 10.8 Å². The van der Waals surface area contributed by atoms with Gasteiger partial charge in [-0.1, -0.05) is 35.6 Å². The van der Waals surface area contributed by atoms with Crippen LogP contribution in [0.5, 0.6) is 0 Å². The van der Waals surface area contributed by atoms with Gasteiger partial charge in [-0.15, -0.1) is 0 Å². The molecule has 0 aliphatic rings. The van der Waals surface area contributed by atoms with E-state index in [2.05, 4.69) is 20.6 Å². The number of carbonyl (C=O) groups is 1. The van der Waals surface area contributed by atoms with E-state index in [0.717, 1.165) is 10.8 Å². The lowest BCUT2D eigenvalue weighted by Gasteiger charge is -2.03. The van der Waals surface area contributed by atoms with Crippen LogP contribution >= 0.6 is 11.3 Å². The molecule has 0 aliphatic carbocycles.